The van der Waals surface area contributed by atoms with Crippen molar-refractivity contribution in [2.45, 2.75) is 0 Å². The Morgan fingerprint density at radius 2 is 1.60 bits per heavy atom. The molecule has 1 amide bonds. The quantitative estimate of drug-likeness (QED) is 0.558. The van der Waals surface area contributed by atoms with Crippen LogP contribution in [0.25, 0.3) is 17.1 Å². The molecule has 2 aromatic carbocycles. The summed E-state index contributed by atoms with van der Waals surface area (Å²) in [6.07, 6.45) is 0. The fraction of sp³-hybridized carbons (Fsp3) is 0. The van der Waals surface area contributed by atoms with Crippen molar-refractivity contribution >= 4 is 6.03 Å². The van der Waals surface area contributed by atoms with Gasteiger partial charge in [-0.05, 0) is 34.0 Å². The van der Waals surface area contributed by atoms with Crippen molar-refractivity contribution in [1.82, 2.24) is 15.0 Å². The lowest BCUT2D eigenvalue weighted by molar-refractivity contribution is -0.717. The molecule has 20 heavy (non-hydrogen) atoms. The number of hydrogen-bond acceptors (Lipinski definition) is 3. The number of amides is 1. The van der Waals surface area contributed by atoms with Gasteiger partial charge < -0.3 is 5.73 Å². The van der Waals surface area contributed by atoms with Crippen molar-refractivity contribution in [3.63, 3.8) is 0 Å². The number of para-hydroxylation sites is 1. The minimum absolute atomic E-state index is 0.405. The van der Waals surface area contributed by atoms with Gasteiger partial charge >= 0.3 is 11.9 Å². The van der Waals surface area contributed by atoms with E-state index in [0.29, 0.717) is 5.82 Å². The summed E-state index contributed by atoms with van der Waals surface area (Å²) in [6, 6.07) is 18.0. The Morgan fingerprint density at radius 1 is 1.00 bits per heavy atom. The highest BCUT2D eigenvalue weighted by molar-refractivity contribution is 5.78. The van der Waals surface area contributed by atoms with E-state index in [0.717, 1.165) is 15.9 Å². The molecule has 0 saturated heterocycles. The predicted octanol–water partition coefficient (Wildman–Crippen LogP) is 1.15. The molecular weight excluding hydrogens is 254 g/mol. The zero-order valence-electron chi connectivity index (χ0n) is 10.5. The summed E-state index contributed by atoms with van der Waals surface area (Å²) in [5.74, 6) is 0.405. The smallest absolute Gasteiger partial charge is 0.329 e. The molecule has 0 aliphatic carbocycles. The normalized spacial score (nSPS) is 10.4. The molecule has 1 aromatic heterocycles. The third-order valence-electron chi connectivity index (χ3n) is 2.79. The third-order valence-corrected chi connectivity index (χ3v) is 2.79. The summed E-state index contributed by atoms with van der Waals surface area (Å²) in [4.78, 5) is 12.9. The van der Waals surface area contributed by atoms with E-state index in [9.17, 15) is 4.79 Å². The van der Waals surface area contributed by atoms with Crippen molar-refractivity contribution in [3.05, 3.63) is 60.7 Å². The Balaban J connectivity index is 2.15. The van der Waals surface area contributed by atoms with Gasteiger partial charge in [0.05, 0.1) is 0 Å². The average molecular weight is 266 g/mol. The van der Waals surface area contributed by atoms with Crippen LogP contribution in [0.5, 0.6) is 0 Å². The van der Waals surface area contributed by atoms with Gasteiger partial charge in [-0.25, -0.2) is 4.79 Å². The summed E-state index contributed by atoms with van der Waals surface area (Å²) in [5, 5.41) is 8.44. The van der Waals surface area contributed by atoms with Crippen LogP contribution in [0.4, 0.5) is 4.79 Å². The van der Waals surface area contributed by atoms with Crippen LogP contribution < -0.4 is 10.5 Å². The summed E-state index contributed by atoms with van der Waals surface area (Å²) < 4.78 is 1.09. The molecule has 0 radical (unpaired) electrons. The van der Waals surface area contributed by atoms with Crippen LogP contribution in [-0.4, -0.2) is 21.0 Å². The van der Waals surface area contributed by atoms with Crippen molar-refractivity contribution in [2.75, 3.05) is 0 Å². The van der Waals surface area contributed by atoms with E-state index in [4.69, 9.17) is 5.73 Å². The van der Waals surface area contributed by atoms with Gasteiger partial charge in [0.15, 0.2) is 5.69 Å². The van der Waals surface area contributed by atoms with Crippen LogP contribution in [0.15, 0.2) is 60.7 Å². The number of rotatable bonds is 2. The first-order valence-electron chi connectivity index (χ1n) is 6.06. The SMILES string of the molecule is NC(=O)n1n[n+](-c2ccccc2)nc1-c1ccccc1. The summed E-state index contributed by atoms with van der Waals surface area (Å²) in [7, 11) is 0. The molecule has 98 valence electrons. The van der Waals surface area contributed by atoms with Gasteiger partial charge in [-0.15, -0.1) is 0 Å². The largest absolute Gasteiger partial charge is 0.433 e. The van der Waals surface area contributed by atoms with Crippen LogP contribution in [0.1, 0.15) is 0 Å². The maximum absolute atomic E-state index is 11.5. The maximum Gasteiger partial charge on any atom is 0.433 e. The van der Waals surface area contributed by atoms with Crippen LogP contribution in [0.3, 0.4) is 0 Å². The van der Waals surface area contributed by atoms with E-state index in [1.165, 1.54) is 4.80 Å². The topological polar surface area (TPSA) is 77.7 Å². The zero-order valence-corrected chi connectivity index (χ0v) is 10.5. The molecular formula is C14H12N5O+. The third kappa shape index (κ3) is 2.14. The summed E-state index contributed by atoms with van der Waals surface area (Å²) in [5.41, 5.74) is 6.88. The monoisotopic (exact) mass is 266 g/mol. The lowest BCUT2D eigenvalue weighted by Crippen LogP contribution is -2.38. The Labute approximate surface area is 115 Å². The van der Waals surface area contributed by atoms with E-state index in [2.05, 4.69) is 10.3 Å². The molecule has 6 nitrogen and oxygen atoms in total. The second kappa shape index (κ2) is 4.93. The molecule has 0 fully saturated rings. The fourth-order valence-corrected chi connectivity index (χ4v) is 1.87. The first-order chi connectivity index (χ1) is 9.75. The Bertz CT molecular complexity index is 737. The molecule has 0 aliphatic heterocycles. The molecule has 0 bridgehead atoms. The van der Waals surface area contributed by atoms with Crippen LogP contribution in [0, 0.1) is 0 Å². The molecule has 3 aromatic rings. The van der Waals surface area contributed by atoms with Crippen molar-refractivity contribution in [3.8, 4) is 17.1 Å². The Kier molecular flexibility index (Phi) is 2.96. The first kappa shape index (κ1) is 12.0. The molecule has 3 rings (SSSR count). The molecule has 0 saturated carbocycles. The number of benzene rings is 2. The molecule has 2 N–H and O–H groups in total. The number of tetrazole rings is 1. The molecule has 6 heteroatoms. The van der Waals surface area contributed by atoms with Crippen molar-refractivity contribution < 1.29 is 9.59 Å². The lowest BCUT2D eigenvalue weighted by atomic mass is 10.2. The minimum Gasteiger partial charge on any atom is -0.329 e. The number of aromatic nitrogens is 4. The zero-order chi connectivity index (χ0) is 13.9. The molecule has 0 unspecified atom stereocenters. The first-order valence-corrected chi connectivity index (χ1v) is 6.06. The average Bonchev–Trinajstić information content (AvgIpc) is 2.94. The standard InChI is InChI=1S/C14H11N5O/c15-14(20)18-13(11-7-3-1-4-8-11)16-19(17-18)12-9-5-2-6-10-12/h1-10H,(H-,15,20)/p+1. The molecule has 1 heterocycles. The van der Waals surface area contributed by atoms with E-state index in [-0.39, 0.29) is 0 Å². The van der Waals surface area contributed by atoms with Crippen LogP contribution in [-0.2, 0) is 0 Å². The van der Waals surface area contributed by atoms with Gasteiger partial charge in [0.1, 0.15) is 5.21 Å². The van der Waals surface area contributed by atoms with Gasteiger partial charge in [-0.3, -0.25) is 0 Å². The molecule has 0 aliphatic rings. The number of carbonyl (C=O) groups excluding carboxylic acids is 1. The second-order valence-corrected chi connectivity index (χ2v) is 4.15. The van der Waals surface area contributed by atoms with Gasteiger partial charge in [0, 0.05) is 10.4 Å². The van der Waals surface area contributed by atoms with Crippen molar-refractivity contribution in [2.24, 2.45) is 5.73 Å². The van der Waals surface area contributed by atoms with Gasteiger partial charge in [-0.1, -0.05) is 36.4 Å². The predicted molar refractivity (Wildman–Crippen MR) is 72.0 cm³/mol. The van der Waals surface area contributed by atoms with Crippen LogP contribution in [0.2, 0.25) is 0 Å². The summed E-state index contributed by atoms with van der Waals surface area (Å²) in [6.45, 7) is 0. The maximum atomic E-state index is 11.5. The highest BCUT2D eigenvalue weighted by Gasteiger charge is 2.24. The number of hydrogen-bond donors (Lipinski definition) is 1. The van der Waals surface area contributed by atoms with Gasteiger partial charge in [0.2, 0.25) is 0 Å². The van der Waals surface area contributed by atoms with E-state index in [1.54, 1.807) is 0 Å². The van der Waals surface area contributed by atoms with Crippen LogP contribution >= 0.6 is 0 Å². The Hall–Kier alpha value is -3.02. The lowest BCUT2D eigenvalue weighted by Gasteiger charge is -1.91. The molecule has 0 spiro atoms. The number of primary amides is 1. The van der Waals surface area contributed by atoms with E-state index in [1.807, 2.05) is 60.7 Å². The van der Waals surface area contributed by atoms with E-state index >= 15 is 0 Å². The number of nitrogens with two attached hydrogens (primary N) is 1. The number of nitrogens with zero attached hydrogens (tertiary/aromatic N) is 4. The number of carbonyl (C=O) groups is 1. The second-order valence-electron chi connectivity index (χ2n) is 4.15. The highest BCUT2D eigenvalue weighted by atomic mass is 16.2. The van der Waals surface area contributed by atoms with Gasteiger partial charge in [-0.2, -0.15) is 0 Å². The highest BCUT2D eigenvalue weighted by Crippen LogP contribution is 2.14. The van der Waals surface area contributed by atoms with E-state index < -0.39 is 6.03 Å². The Morgan fingerprint density at radius 3 is 2.20 bits per heavy atom. The molecule has 0 atom stereocenters. The van der Waals surface area contributed by atoms with Crippen molar-refractivity contribution in [1.29, 1.82) is 0 Å². The summed E-state index contributed by atoms with van der Waals surface area (Å²) >= 11 is 0. The fourth-order valence-electron chi connectivity index (χ4n) is 1.87. The minimum atomic E-state index is -0.675. The van der Waals surface area contributed by atoms with Gasteiger partial charge in [0.25, 0.3) is 0 Å².